The molecule has 0 rings (SSSR count). The van der Waals surface area contributed by atoms with Crippen LogP contribution in [0.1, 0.15) is 47.5 Å². The molecule has 16 heavy (non-hydrogen) atoms. The van der Waals surface area contributed by atoms with Gasteiger partial charge in [0.2, 0.25) is 0 Å². The van der Waals surface area contributed by atoms with Gasteiger partial charge >= 0.3 is 12.2 Å². The van der Waals surface area contributed by atoms with Gasteiger partial charge in [-0.15, -0.1) is 0 Å². The number of ether oxygens (including phenoxy) is 1. The van der Waals surface area contributed by atoms with Gasteiger partial charge in [0, 0.05) is 6.04 Å². The first-order valence-corrected chi connectivity index (χ1v) is 5.29. The Hall–Kier alpha value is -1.35. The fraction of sp³-hybridized carbons (Fsp3) is 0.818. The molecular weight excluding hydrogens is 210 g/mol. The van der Waals surface area contributed by atoms with E-state index in [1.54, 1.807) is 0 Å². The van der Waals surface area contributed by atoms with Crippen molar-refractivity contribution < 1.29 is 19.1 Å². The normalized spacial score (nSPS) is 9.88. The minimum Gasteiger partial charge on any atom is -0.444 e. The summed E-state index contributed by atoms with van der Waals surface area (Å²) in [7, 11) is 0. The Bertz CT molecular complexity index is 223. The van der Waals surface area contributed by atoms with E-state index in [9.17, 15) is 4.79 Å². The predicted molar refractivity (Wildman–Crippen MR) is 58.7 cm³/mol. The molecule has 0 aromatic heterocycles. The van der Waals surface area contributed by atoms with E-state index in [0.29, 0.717) is 0 Å². The van der Waals surface area contributed by atoms with Crippen LogP contribution in [0.3, 0.4) is 0 Å². The lowest BCUT2D eigenvalue weighted by Crippen LogP contribution is -2.38. The summed E-state index contributed by atoms with van der Waals surface area (Å²) in [6.45, 7) is 9.68. The van der Waals surface area contributed by atoms with E-state index in [4.69, 9.17) is 14.3 Å². The van der Waals surface area contributed by atoms with Crippen LogP contribution in [0.4, 0.5) is 4.79 Å². The molecule has 0 aromatic rings. The number of alkyl carbamates (subject to hydrolysis) is 1. The van der Waals surface area contributed by atoms with Gasteiger partial charge in [-0.25, -0.2) is 4.79 Å². The van der Waals surface area contributed by atoms with Crippen molar-refractivity contribution in [3.63, 3.8) is 0 Å². The molecule has 0 saturated heterocycles. The largest absolute Gasteiger partial charge is 0.444 e. The predicted octanol–water partition coefficient (Wildman–Crippen LogP) is 2.12. The molecule has 0 radical (unpaired) electrons. The van der Waals surface area contributed by atoms with Crippen molar-refractivity contribution in [2.45, 2.75) is 59.1 Å². The van der Waals surface area contributed by atoms with Crippen LogP contribution in [0.25, 0.3) is 0 Å². The molecule has 0 bridgehead atoms. The highest BCUT2D eigenvalue weighted by molar-refractivity contribution is 5.68. The van der Waals surface area contributed by atoms with Crippen LogP contribution in [0, 0.1) is 0 Å². The number of nitrogens with one attached hydrogen (secondary N) is 1. The third kappa shape index (κ3) is 12.7. The fourth-order valence-corrected chi connectivity index (χ4v) is 0.967. The van der Waals surface area contributed by atoms with Crippen LogP contribution in [0.2, 0.25) is 0 Å². The van der Waals surface area contributed by atoms with Crippen LogP contribution in [-0.4, -0.2) is 23.9 Å². The molecule has 0 fully saturated rings. The van der Waals surface area contributed by atoms with E-state index in [1.165, 1.54) is 0 Å². The number of hydrogen-bond acceptors (Lipinski definition) is 4. The van der Waals surface area contributed by atoms with Crippen molar-refractivity contribution in [3.05, 3.63) is 0 Å². The molecular formula is C11H21NO4. The minimum absolute atomic E-state index is 0.231. The Labute approximate surface area is 96.5 Å². The average Bonchev–Trinajstić information content (AvgIpc) is 2.12. The molecule has 0 aliphatic rings. The molecule has 94 valence electrons. The van der Waals surface area contributed by atoms with Crippen molar-refractivity contribution in [2.24, 2.45) is 0 Å². The van der Waals surface area contributed by atoms with Crippen molar-refractivity contribution in [1.29, 1.82) is 0 Å². The molecule has 1 N–H and O–H groups in total. The zero-order valence-corrected chi connectivity index (χ0v) is 10.6. The van der Waals surface area contributed by atoms with Crippen molar-refractivity contribution in [1.82, 2.24) is 5.32 Å². The quantitative estimate of drug-likeness (QED) is 0.807. The van der Waals surface area contributed by atoms with E-state index in [0.717, 1.165) is 12.8 Å². The van der Waals surface area contributed by atoms with Gasteiger partial charge < -0.3 is 10.1 Å². The molecule has 0 aliphatic heterocycles. The maximum atomic E-state index is 11.3. The second kappa shape index (κ2) is 8.92. The van der Waals surface area contributed by atoms with Gasteiger partial charge in [-0.2, -0.15) is 9.59 Å². The van der Waals surface area contributed by atoms with E-state index >= 15 is 0 Å². The second-order valence-electron chi connectivity index (χ2n) is 4.24. The molecule has 5 nitrogen and oxygen atoms in total. The molecule has 0 atom stereocenters. The third-order valence-corrected chi connectivity index (χ3v) is 1.71. The lowest BCUT2D eigenvalue weighted by atomic mass is 10.2. The zero-order chi connectivity index (χ0) is 13.2. The Morgan fingerprint density at radius 3 is 1.88 bits per heavy atom. The van der Waals surface area contributed by atoms with Crippen LogP contribution in [0.15, 0.2) is 0 Å². The Morgan fingerprint density at radius 2 is 1.62 bits per heavy atom. The maximum absolute atomic E-state index is 11.3. The molecule has 0 unspecified atom stereocenters. The average molecular weight is 231 g/mol. The summed E-state index contributed by atoms with van der Waals surface area (Å²) in [5.74, 6) is 0. The van der Waals surface area contributed by atoms with Crippen molar-refractivity contribution >= 4 is 12.2 Å². The molecule has 0 aromatic carbocycles. The minimum atomic E-state index is -0.407. The summed E-state index contributed by atoms with van der Waals surface area (Å²) in [4.78, 5) is 27.5. The van der Waals surface area contributed by atoms with Gasteiger partial charge in [0.1, 0.15) is 5.60 Å². The topological polar surface area (TPSA) is 72.5 Å². The fourth-order valence-electron chi connectivity index (χ4n) is 0.967. The monoisotopic (exact) mass is 231 g/mol. The van der Waals surface area contributed by atoms with Gasteiger partial charge in [0.25, 0.3) is 0 Å². The van der Waals surface area contributed by atoms with E-state index in [-0.39, 0.29) is 18.3 Å². The van der Waals surface area contributed by atoms with Gasteiger partial charge in [-0.1, -0.05) is 13.8 Å². The number of rotatable bonds is 3. The van der Waals surface area contributed by atoms with Gasteiger partial charge in [0.05, 0.1) is 0 Å². The first-order valence-electron chi connectivity index (χ1n) is 5.29. The summed E-state index contributed by atoms with van der Waals surface area (Å²) in [6.07, 6.45) is 1.81. The highest BCUT2D eigenvalue weighted by atomic mass is 16.6. The summed E-state index contributed by atoms with van der Waals surface area (Å²) in [5.41, 5.74) is -0.407. The standard InChI is InChI=1S/C10H21NO2.CO2/c1-6-8(7-2)11-9(12)13-10(3,4)5;2-1-3/h8H,6-7H2,1-5H3,(H,11,12);. The summed E-state index contributed by atoms with van der Waals surface area (Å²) in [6, 6.07) is 0.231. The Balaban J connectivity index is 0. The van der Waals surface area contributed by atoms with Crippen molar-refractivity contribution in [3.8, 4) is 0 Å². The smallest absolute Gasteiger partial charge is 0.407 e. The highest BCUT2D eigenvalue weighted by Crippen LogP contribution is 2.07. The van der Waals surface area contributed by atoms with E-state index in [2.05, 4.69) is 5.32 Å². The SMILES string of the molecule is CCC(CC)NC(=O)OC(C)(C)C.O=C=O. The van der Waals surface area contributed by atoms with Crippen molar-refractivity contribution in [2.75, 3.05) is 0 Å². The molecule has 0 aliphatic carbocycles. The van der Waals surface area contributed by atoms with Crippen LogP contribution in [-0.2, 0) is 14.3 Å². The second-order valence-corrected chi connectivity index (χ2v) is 4.24. The number of carbonyl (C=O) groups is 1. The van der Waals surface area contributed by atoms with Gasteiger partial charge in [-0.05, 0) is 33.6 Å². The lowest BCUT2D eigenvalue weighted by molar-refractivity contribution is -0.191. The number of carbonyl (C=O) groups excluding carboxylic acids is 3. The van der Waals surface area contributed by atoms with Gasteiger partial charge in [-0.3, -0.25) is 0 Å². The molecule has 1 amide bonds. The molecule has 0 heterocycles. The maximum Gasteiger partial charge on any atom is 0.407 e. The first kappa shape index (κ1) is 17.1. The number of hydrogen-bond donors (Lipinski definition) is 1. The van der Waals surface area contributed by atoms with Crippen LogP contribution >= 0.6 is 0 Å². The molecule has 0 saturated carbocycles. The summed E-state index contributed by atoms with van der Waals surface area (Å²) < 4.78 is 5.12. The number of amides is 1. The summed E-state index contributed by atoms with van der Waals surface area (Å²) in [5, 5.41) is 2.81. The third-order valence-electron chi connectivity index (χ3n) is 1.71. The molecule has 5 heteroatoms. The lowest BCUT2D eigenvalue weighted by Gasteiger charge is -2.22. The van der Waals surface area contributed by atoms with E-state index in [1.807, 2.05) is 34.6 Å². The van der Waals surface area contributed by atoms with Crippen LogP contribution in [0.5, 0.6) is 0 Å². The highest BCUT2D eigenvalue weighted by Gasteiger charge is 2.17. The Morgan fingerprint density at radius 1 is 1.25 bits per heavy atom. The summed E-state index contributed by atoms with van der Waals surface area (Å²) >= 11 is 0. The van der Waals surface area contributed by atoms with E-state index < -0.39 is 5.60 Å². The van der Waals surface area contributed by atoms with Crippen LogP contribution < -0.4 is 5.32 Å². The Kier molecular flexibility index (Phi) is 9.51. The van der Waals surface area contributed by atoms with Gasteiger partial charge in [0.15, 0.2) is 0 Å². The molecule has 0 spiro atoms. The zero-order valence-electron chi connectivity index (χ0n) is 10.6. The first-order chi connectivity index (χ1) is 7.30.